The highest BCUT2D eigenvalue weighted by Gasteiger charge is 2.41. The molecule has 3 aromatic rings. The average Bonchev–Trinajstić information content (AvgIpc) is 3.42. The highest BCUT2D eigenvalue weighted by Crippen LogP contribution is 2.53. The summed E-state index contributed by atoms with van der Waals surface area (Å²) in [6, 6.07) is 13.5. The molecule has 0 bridgehead atoms. The molecule has 0 radical (unpaired) electrons. The molecule has 2 fully saturated rings. The molecule has 3 atom stereocenters. The van der Waals surface area contributed by atoms with E-state index in [0.717, 1.165) is 42.2 Å². The van der Waals surface area contributed by atoms with E-state index in [1.807, 2.05) is 19.2 Å². The van der Waals surface area contributed by atoms with Gasteiger partial charge in [-0.2, -0.15) is 0 Å². The largest absolute Gasteiger partial charge is 0.465 e. The molecule has 34 heavy (non-hydrogen) atoms. The number of nitrogens with zero attached hydrogens (tertiary/aromatic N) is 1. The van der Waals surface area contributed by atoms with Gasteiger partial charge in [0.05, 0.1) is 18.2 Å². The van der Waals surface area contributed by atoms with Crippen molar-refractivity contribution < 1.29 is 18.7 Å². The molecule has 2 aliphatic carbocycles. The first-order valence-corrected chi connectivity index (χ1v) is 11.7. The van der Waals surface area contributed by atoms with Crippen LogP contribution in [0.4, 0.5) is 10.1 Å². The summed E-state index contributed by atoms with van der Waals surface area (Å²) in [7, 11) is 1.34. The van der Waals surface area contributed by atoms with Crippen molar-refractivity contribution in [2.45, 2.75) is 38.5 Å². The standard InChI is InChI=1S/C28H27FN2O3/c1-16(27(32)31-23-6-3-17(4-7-23)28(33)34-2)18-11-19-13-21(14-20(19)12-18)24-9-10-30-26-8-5-22(29)15-25(24)26/h3-10,15,19-21H,11-14H2,1-2H3,(H,31,32)/b18-16-/t19-,20+,21?/m1/s1. The van der Waals surface area contributed by atoms with Crippen LogP contribution >= 0.6 is 0 Å². The lowest BCUT2D eigenvalue weighted by Crippen LogP contribution is -2.14. The van der Waals surface area contributed by atoms with Crippen LogP contribution < -0.4 is 5.32 Å². The number of allylic oxidation sites excluding steroid dienone is 1. The molecule has 6 heteroatoms. The third-order valence-electron chi connectivity index (χ3n) is 7.47. The lowest BCUT2D eigenvalue weighted by Gasteiger charge is -2.15. The molecule has 5 nitrogen and oxygen atoms in total. The number of benzene rings is 2. The first-order valence-electron chi connectivity index (χ1n) is 11.7. The van der Waals surface area contributed by atoms with E-state index in [1.165, 1.54) is 24.3 Å². The van der Waals surface area contributed by atoms with Crippen LogP contribution in [0.15, 0.2) is 65.9 Å². The predicted octanol–water partition coefficient (Wildman–Crippen LogP) is 6.02. The summed E-state index contributed by atoms with van der Waals surface area (Å²) in [5, 5.41) is 3.85. The summed E-state index contributed by atoms with van der Waals surface area (Å²) >= 11 is 0. The highest BCUT2D eigenvalue weighted by molar-refractivity contribution is 6.04. The summed E-state index contributed by atoms with van der Waals surface area (Å²) in [6.07, 6.45) is 5.78. The second-order valence-corrected chi connectivity index (χ2v) is 9.41. The van der Waals surface area contributed by atoms with E-state index >= 15 is 0 Å². The van der Waals surface area contributed by atoms with E-state index in [-0.39, 0.29) is 11.7 Å². The Bertz CT molecular complexity index is 1280. The number of carbonyl (C=O) groups is 2. The molecule has 5 rings (SSSR count). The SMILES string of the molecule is COC(=O)c1ccc(NC(=O)/C(C)=C2/C[C@@H]3CC(c4ccnc5ccc(F)cc45)C[C@@H]3C2)cc1. The number of anilines is 1. The van der Waals surface area contributed by atoms with Crippen LogP contribution in [-0.4, -0.2) is 24.0 Å². The van der Waals surface area contributed by atoms with Crippen LogP contribution in [-0.2, 0) is 9.53 Å². The van der Waals surface area contributed by atoms with E-state index in [4.69, 9.17) is 4.74 Å². The molecule has 1 N–H and O–H groups in total. The normalized spacial score (nSPS) is 23.0. The molecular formula is C28H27FN2O3. The van der Waals surface area contributed by atoms with Gasteiger partial charge in [0.15, 0.2) is 0 Å². The Labute approximate surface area is 198 Å². The first-order chi connectivity index (χ1) is 16.4. The monoisotopic (exact) mass is 458 g/mol. The minimum absolute atomic E-state index is 0.104. The molecule has 174 valence electrons. The quantitative estimate of drug-likeness (QED) is 0.383. The van der Waals surface area contributed by atoms with Crippen LogP contribution in [0, 0.1) is 17.7 Å². The zero-order chi connectivity index (χ0) is 23.8. The Morgan fingerprint density at radius 1 is 1.03 bits per heavy atom. The molecule has 0 saturated heterocycles. The number of esters is 1. The van der Waals surface area contributed by atoms with Crippen molar-refractivity contribution >= 4 is 28.5 Å². The smallest absolute Gasteiger partial charge is 0.337 e. The molecule has 2 saturated carbocycles. The van der Waals surface area contributed by atoms with Gasteiger partial charge in [0, 0.05) is 22.8 Å². The molecule has 1 amide bonds. The number of rotatable bonds is 4. The molecule has 1 aromatic heterocycles. The van der Waals surface area contributed by atoms with Crippen LogP contribution in [0.5, 0.6) is 0 Å². The van der Waals surface area contributed by atoms with Gasteiger partial charge in [0.1, 0.15) is 5.82 Å². The molecule has 0 spiro atoms. The minimum atomic E-state index is -0.406. The van der Waals surface area contributed by atoms with Gasteiger partial charge in [-0.3, -0.25) is 9.78 Å². The van der Waals surface area contributed by atoms with Gasteiger partial charge in [-0.25, -0.2) is 9.18 Å². The van der Waals surface area contributed by atoms with Crippen molar-refractivity contribution in [1.29, 1.82) is 0 Å². The van der Waals surface area contributed by atoms with Gasteiger partial charge >= 0.3 is 5.97 Å². The third-order valence-corrected chi connectivity index (χ3v) is 7.47. The van der Waals surface area contributed by atoms with Gasteiger partial charge < -0.3 is 10.1 Å². The van der Waals surface area contributed by atoms with Gasteiger partial charge in [0.2, 0.25) is 0 Å². The van der Waals surface area contributed by atoms with E-state index in [1.54, 1.807) is 36.4 Å². The van der Waals surface area contributed by atoms with Gasteiger partial charge in [-0.05, 0) is 104 Å². The summed E-state index contributed by atoms with van der Waals surface area (Å²) in [6.45, 7) is 1.89. The summed E-state index contributed by atoms with van der Waals surface area (Å²) in [4.78, 5) is 28.8. The maximum absolute atomic E-state index is 13.9. The summed E-state index contributed by atoms with van der Waals surface area (Å²) in [5.41, 5.74) is 5.12. The number of ether oxygens (including phenoxy) is 1. The van der Waals surface area contributed by atoms with E-state index in [2.05, 4.69) is 10.3 Å². The summed E-state index contributed by atoms with van der Waals surface area (Å²) in [5.74, 6) is 0.737. The lowest BCUT2D eigenvalue weighted by molar-refractivity contribution is -0.112. The third kappa shape index (κ3) is 4.20. The van der Waals surface area contributed by atoms with Crippen molar-refractivity contribution in [2.75, 3.05) is 12.4 Å². The maximum Gasteiger partial charge on any atom is 0.337 e. The molecule has 1 heterocycles. The van der Waals surface area contributed by atoms with Gasteiger partial charge in [-0.15, -0.1) is 0 Å². The topological polar surface area (TPSA) is 68.3 Å². The first kappa shape index (κ1) is 22.3. The number of fused-ring (bicyclic) bond motifs is 2. The zero-order valence-corrected chi connectivity index (χ0v) is 19.3. The average molecular weight is 459 g/mol. The number of amides is 1. The minimum Gasteiger partial charge on any atom is -0.465 e. The van der Waals surface area contributed by atoms with Crippen LogP contribution in [0.25, 0.3) is 10.9 Å². The van der Waals surface area contributed by atoms with Gasteiger partial charge in [-0.1, -0.05) is 5.57 Å². The van der Waals surface area contributed by atoms with E-state index < -0.39 is 5.97 Å². The number of pyridine rings is 1. The fourth-order valence-corrected chi connectivity index (χ4v) is 5.68. The Balaban J connectivity index is 1.26. The summed E-state index contributed by atoms with van der Waals surface area (Å²) < 4.78 is 18.6. The molecule has 2 aromatic carbocycles. The van der Waals surface area contributed by atoms with Crippen LogP contribution in [0.1, 0.15) is 54.4 Å². The maximum atomic E-state index is 13.9. The molecular weight excluding hydrogens is 431 g/mol. The second kappa shape index (κ2) is 9.01. The van der Waals surface area contributed by atoms with Crippen molar-refractivity contribution in [2.24, 2.45) is 11.8 Å². The second-order valence-electron chi connectivity index (χ2n) is 9.41. The fraction of sp³-hybridized carbons (Fsp3) is 0.321. The van der Waals surface area contributed by atoms with Crippen molar-refractivity contribution in [3.63, 3.8) is 0 Å². The van der Waals surface area contributed by atoms with Crippen molar-refractivity contribution in [1.82, 2.24) is 4.98 Å². The molecule has 1 unspecified atom stereocenters. The number of halogens is 1. The highest BCUT2D eigenvalue weighted by atomic mass is 19.1. The zero-order valence-electron chi connectivity index (χ0n) is 19.3. The Morgan fingerprint density at radius 2 is 1.74 bits per heavy atom. The van der Waals surface area contributed by atoms with Crippen LogP contribution in [0.3, 0.4) is 0 Å². The Kier molecular flexibility index (Phi) is 5.90. The van der Waals surface area contributed by atoms with E-state index in [9.17, 15) is 14.0 Å². The molecule has 0 aliphatic heterocycles. The fourth-order valence-electron chi connectivity index (χ4n) is 5.68. The predicted molar refractivity (Wildman–Crippen MR) is 129 cm³/mol. The van der Waals surface area contributed by atoms with E-state index in [0.29, 0.717) is 29.0 Å². The lowest BCUT2D eigenvalue weighted by atomic mass is 9.91. The molecule has 2 aliphatic rings. The number of carbonyl (C=O) groups excluding carboxylic acids is 2. The number of hydrogen-bond donors (Lipinski definition) is 1. The number of hydrogen-bond acceptors (Lipinski definition) is 4. The number of nitrogens with one attached hydrogen (secondary N) is 1. The Hall–Kier alpha value is -3.54. The van der Waals surface area contributed by atoms with Crippen molar-refractivity contribution in [3.8, 4) is 0 Å². The van der Waals surface area contributed by atoms with Gasteiger partial charge in [0.25, 0.3) is 5.91 Å². The number of aromatic nitrogens is 1. The Morgan fingerprint density at radius 3 is 2.41 bits per heavy atom. The number of methoxy groups -OCH3 is 1. The van der Waals surface area contributed by atoms with Crippen LogP contribution in [0.2, 0.25) is 0 Å². The van der Waals surface area contributed by atoms with Crippen molar-refractivity contribution in [3.05, 3.63) is 82.8 Å².